The molecule has 0 aromatic rings. The van der Waals surface area contributed by atoms with E-state index >= 15 is 0 Å². The largest absolute Gasteiger partial charge is 0.459 e. The molecule has 25 heavy (non-hydrogen) atoms. The molecule has 3 rings (SSSR count). The molecule has 0 radical (unpaired) electrons. The minimum absolute atomic E-state index is 0.00562. The number of hydrogen-bond donors (Lipinski definition) is 3. The first-order valence-electron chi connectivity index (χ1n) is 8.80. The van der Waals surface area contributed by atoms with Crippen LogP contribution in [0.25, 0.3) is 0 Å². The van der Waals surface area contributed by atoms with Crippen LogP contribution in [0.1, 0.15) is 26.7 Å². The monoisotopic (exact) mass is 352 g/mol. The van der Waals surface area contributed by atoms with E-state index in [-0.39, 0.29) is 25.2 Å². The van der Waals surface area contributed by atoms with E-state index in [0.29, 0.717) is 5.57 Å². The first-order chi connectivity index (χ1) is 11.9. The standard InChI is InChI=1S/C18H25NO6/c1-3-12-8-11(2)18(23,10-20)17(22)24-9-13-4-6-19-7-5-14(15(13)19)25-16(12)21/h3-4,11,14-15,20,23H,5-10H2,1-2H3/p+1/b12-3-/t11-,14+,15-,18+/m0/s1. The zero-order valence-corrected chi connectivity index (χ0v) is 14.7. The van der Waals surface area contributed by atoms with Gasteiger partial charge in [-0.1, -0.05) is 13.0 Å². The molecule has 3 heterocycles. The maximum absolute atomic E-state index is 12.6. The minimum Gasteiger partial charge on any atom is -0.459 e. The molecule has 3 aliphatic rings. The third kappa shape index (κ3) is 3.12. The molecule has 1 unspecified atom stereocenters. The van der Waals surface area contributed by atoms with Crippen molar-refractivity contribution >= 4 is 11.9 Å². The van der Waals surface area contributed by atoms with Gasteiger partial charge in [-0.2, -0.15) is 0 Å². The number of aliphatic hydroxyl groups excluding tert-OH is 1. The summed E-state index contributed by atoms with van der Waals surface area (Å²) in [5, 5.41) is 20.2. The van der Waals surface area contributed by atoms with E-state index in [1.165, 1.54) is 4.90 Å². The van der Waals surface area contributed by atoms with Crippen LogP contribution in [0.5, 0.6) is 0 Å². The lowest BCUT2D eigenvalue weighted by atomic mass is 9.84. The van der Waals surface area contributed by atoms with Gasteiger partial charge in [-0.15, -0.1) is 0 Å². The summed E-state index contributed by atoms with van der Waals surface area (Å²) in [6, 6.07) is -0.00562. The number of ether oxygens (including phenoxy) is 2. The first kappa shape index (κ1) is 18.1. The molecule has 0 spiro atoms. The van der Waals surface area contributed by atoms with Crippen molar-refractivity contribution in [1.29, 1.82) is 0 Å². The Labute approximate surface area is 146 Å². The summed E-state index contributed by atoms with van der Waals surface area (Å²) in [5.41, 5.74) is -0.743. The average molecular weight is 352 g/mol. The summed E-state index contributed by atoms with van der Waals surface area (Å²) >= 11 is 0. The van der Waals surface area contributed by atoms with E-state index in [4.69, 9.17) is 9.47 Å². The minimum atomic E-state index is -2.05. The second-order valence-electron chi connectivity index (χ2n) is 7.18. The quantitative estimate of drug-likeness (QED) is 0.310. The summed E-state index contributed by atoms with van der Waals surface area (Å²) in [7, 11) is 0. The predicted molar refractivity (Wildman–Crippen MR) is 87.6 cm³/mol. The van der Waals surface area contributed by atoms with Crippen molar-refractivity contribution in [3.05, 3.63) is 23.3 Å². The third-order valence-electron chi connectivity index (χ3n) is 5.76. The Morgan fingerprint density at radius 1 is 1.44 bits per heavy atom. The molecule has 138 valence electrons. The topological polar surface area (TPSA) is 97.5 Å². The Hall–Kier alpha value is -1.70. The molecule has 2 fully saturated rings. The van der Waals surface area contributed by atoms with Crippen molar-refractivity contribution in [3.63, 3.8) is 0 Å². The van der Waals surface area contributed by atoms with Gasteiger partial charge < -0.3 is 24.6 Å². The molecule has 7 heteroatoms. The summed E-state index contributed by atoms with van der Waals surface area (Å²) in [6.07, 6.45) is 4.33. The van der Waals surface area contributed by atoms with E-state index in [2.05, 4.69) is 0 Å². The highest BCUT2D eigenvalue weighted by molar-refractivity contribution is 5.89. The predicted octanol–water partition coefficient (Wildman–Crippen LogP) is -1.25. The van der Waals surface area contributed by atoms with Crippen LogP contribution in [0, 0.1) is 5.92 Å². The molecule has 0 aromatic carbocycles. The number of rotatable bonds is 1. The number of carbonyl (C=O) groups is 2. The highest BCUT2D eigenvalue weighted by Crippen LogP contribution is 2.29. The fraction of sp³-hybridized carbons (Fsp3) is 0.667. The van der Waals surface area contributed by atoms with E-state index in [0.717, 1.165) is 25.1 Å². The maximum atomic E-state index is 12.6. The lowest BCUT2D eigenvalue weighted by Gasteiger charge is -2.31. The van der Waals surface area contributed by atoms with Crippen LogP contribution < -0.4 is 4.90 Å². The van der Waals surface area contributed by atoms with E-state index in [1.54, 1.807) is 19.9 Å². The van der Waals surface area contributed by atoms with Gasteiger partial charge in [0.05, 0.1) is 19.7 Å². The van der Waals surface area contributed by atoms with Crippen LogP contribution in [-0.4, -0.2) is 66.2 Å². The van der Waals surface area contributed by atoms with Crippen molar-refractivity contribution in [2.24, 2.45) is 5.92 Å². The molecule has 5 atom stereocenters. The second kappa shape index (κ2) is 6.90. The average Bonchev–Trinajstić information content (AvgIpc) is 3.18. The molecular weight excluding hydrogens is 326 g/mol. The normalized spacial score (nSPS) is 40.6. The van der Waals surface area contributed by atoms with Crippen molar-refractivity contribution in [2.45, 2.75) is 44.4 Å². The van der Waals surface area contributed by atoms with E-state index in [1.807, 2.05) is 6.08 Å². The van der Waals surface area contributed by atoms with Gasteiger partial charge in [0.2, 0.25) is 0 Å². The Bertz CT molecular complexity index is 627. The molecule has 3 N–H and O–H groups in total. The number of aliphatic hydroxyl groups is 2. The smallest absolute Gasteiger partial charge is 0.341 e. The van der Waals surface area contributed by atoms with Gasteiger partial charge in [-0.25, -0.2) is 9.59 Å². The number of nitrogens with one attached hydrogen (secondary N) is 1. The van der Waals surface area contributed by atoms with E-state index in [9.17, 15) is 19.8 Å². The van der Waals surface area contributed by atoms with Crippen molar-refractivity contribution in [3.8, 4) is 0 Å². The molecular formula is C18H26NO6+. The number of esters is 2. The van der Waals surface area contributed by atoms with Gasteiger partial charge in [0.15, 0.2) is 17.7 Å². The molecule has 0 amide bonds. The Morgan fingerprint density at radius 3 is 2.88 bits per heavy atom. The summed E-state index contributed by atoms with van der Waals surface area (Å²) < 4.78 is 11.1. The molecule has 0 saturated carbocycles. The molecule has 0 bridgehead atoms. The van der Waals surface area contributed by atoms with Crippen molar-refractivity contribution < 1.29 is 34.2 Å². The fourth-order valence-electron chi connectivity index (χ4n) is 4.03. The number of quaternary nitrogens is 1. The van der Waals surface area contributed by atoms with Gasteiger partial charge >= 0.3 is 11.9 Å². The number of hydrogen-bond acceptors (Lipinski definition) is 6. The molecule has 7 nitrogen and oxygen atoms in total. The molecule has 0 aromatic heterocycles. The van der Waals surface area contributed by atoms with Crippen molar-refractivity contribution in [2.75, 3.05) is 26.3 Å². The third-order valence-corrected chi connectivity index (χ3v) is 5.76. The summed E-state index contributed by atoms with van der Waals surface area (Å²) in [6.45, 7) is 4.33. The van der Waals surface area contributed by atoms with Crippen molar-refractivity contribution in [1.82, 2.24) is 0 Å². The van der Waals surface area contributed by atoms with Crippen LogP contribution in [0.3, 0.4) is 0 Å². The van der Waals surface area contributed by atoms with E-state index < -0.39 is 30.1 Å². The first-order valence-corrected chi connectivity index (χ1v) is 8.80. The van der Waals surface area contributed by atoms with Crippen LogP contribution in [0.2, 0.25) is 0 Å². The Morgan fingerprint density at radius 2 is 2.20 bits per heavy atom. The van der Waals surface area contributed by atoms with Crippen LogP contribution in [-0.2, 0) is 19.1 Å². The second-order valence-corrected chi connectivity index (χ2v) is 7.18. The van der Waals surface area contributed by atoms with Gasteiger partial charge in [-0.05, 0) is 19.4 Å². The summed E-state index contributed by atoms with van der Waals surface area (Å²) in [4.78, 5) is 26.3. The Balaban J connectivity index is 1.93. The lowest BCUT2D eigenvalue weighted by molar-refractivity contribution is -0.896. The maximum Gasteiger partial charge on any atom is 0.341 e. The van der Waals surface area contributed by atoms with Gasteiger partial charge in [-0.3, -0.25) is 0 Å². The molecule has 2 saturated heterocycles. The van der Waals surface area contributed by atoms with Crippen LogP contribution in [0.15, 0.2) is 23.3 Å². The number of carbonyl (C=O) groups excluding carboxylic acids is 2. The number of allylic oxidation sites excluding steroid dienone is 1. The van der Waals surface area contributed by atoms with Gasteiger partial charge in [0.1, 0.15) is 6.61 Å². The SMILES string of the molecule is C/C=C1/C[C@H](C)[C@](O)(CO)C(=O)OCC2=CC[NH+]3CC[C@@H](OC1=O)[C@H]23. The highest BCUT2D eigenvalue weighted by atomic mass is 16.6. The van der Waals surface area contributed by atoms with Gasteiger partial charge in [0.25, 0.3) is 0 Å². The van der Waals surface area contributed by atoms with Crippen LogP contribution >= 0.6 is 0 Å². The van der Waals surface area contributed by atoms with Crippen LogP contribution in [0.4, 0.5) is 0 Å². The zero-order chi connectivity index (χ0) is 18.2. The van der Waals surface area contributed by atoms with Gasteiger partial charge in [0, 0.05) is 23.5 Å². The highest BCUT2D eigenvalue weighted by Gasteiger charge is 2.49. The lowest BCUT2D eigenvalue weighted by Crippen LogP contribution is -3.12. The summed E-state index contributed by atoms with van der Waals surface area (Å²) in [5.74, 6) is -1.96. The number of cyclic esters (lactones) is 1. The fourth-order valence-corrected chi connectivity index (χ4v) is 4.03. The molecule has 3 aliphatic heterocycles. The zero-order valence-electron chi connectivity index (χ0n) is 14.7. The Kier molecular flexibility index (Phi) is 4.99. The molecule has 0 aliphatic carbocycles.